The molecule has 0 radical (unpaired) electrons. The molecule has 0 aliphatic carbocycles. The van der Waals surface area contributed by atoms with Gasteiger partial charge >= 0.3 is 5.97 Å². The molecule has 0 aliphatic heterocycles. The average molecular weight is 297 g/mol. The number of halogens is 1. The summed E-state index contributed by atoms with van der Waals surface area (Å²) in [6.07, 6.45) is 0.686. The summed E-state index contributed by atoms with van der Waals surface area (Å²) in [6, 6.07) is 5.47. The Hall–Kier alpha value is -2.11. The average Bonchev–Trinajstić information content (AvgIpc) is 2.42. The molecule has 0 aliphatic rings. The van der Waals surface area contributed by atoms with Crippen LogP contribution in [0.5, 0.6) is 5.75 Å². The maximum Gasteiger partial charge on any atom is 0.323 e. The monoisotopic (exact) mass is 297 g/mol. The molecule has 0 unspecified atom stereocenters. The third-order valence-electron chi connectivity index (χ3n) is 2.87. The SMILES string of the molecule is CC(C)N(CC(=O)O)C(=O)CCCOc1ccc(F)cc1. The molecule has 1 aromatic carbocycles. The Kier molecular flexibility index (Phi) is 6.65. The number of aliphatic carboxylic acids is 1. The van der Waals surface area contributed by atoms with Gasteiger partial charge in [-0.15, -0.1) is 0 Å². The van der Waals surface area contributed by atoms with Gasteiger partial charge in [0.25, 0.3) is 0 Å². The second kappa shape index (κ2) is 8.24. The van der Waals surface area contributed by atoms with Crippen molar-refractivity contribution in [2.45, 2.75) is 32.7 Å². The van der Waals surface area contributed by atoms with Gasteiger partial charge in [0, 0.05) is 12.5 Å². The molecule has 1 N–H and O–H groups in total. The van der Waals surface area contributed by atoms with Crippen LogP contribution in [0.2, 0.25) is 0 Å². The minimum absolute atomic E-state index is 0.161. The minimum Gasteiger partial charge on any atom is -0.494 e. The number of hydrogen-bond donors (Lipinski definition) is 1. The van der Waals surface area contributed by atoms with Crippen LogP contribution in [-0.2, 0) is 9.59 Å². The molecular weight excluding hydrogens is 277 g/mol. The second-order valence-electron chi connectivity index (χ2n) is 4.92. The van der Waals surface area contributed by atoms with Crippen molar-refractivity contribution >= 4 is 11.9 Å². The first-order valence-corrected chi connectivity index (χ1v) is 6.79. The van der Waals surface area contributed by atoms with Gasteiger partial charge in [0.05, 0.1) is 6.61 Å². The number of carboxylic acid groups (broad SMARTS) is 1. The van der Waals surface area contributed by atoms with Gasteiger partial charge in [-0.25, -0.2) is 4.39 Å². The number of benzene rings is 1. The van der Waals surface area contributed by atoms with E-state index in [2.05, 4.69) is 0 Å². The van der Waals surface area contributed by atoms with E-state index >= 15 is 0 Å². The Bertz CT molecular complexity index is 473. The number of nitrogens with zero attached hydrogens (tertiary/aromatic N) is 1. The fourth-order valence-electron chi connectivity index (χ4n) is 1.79. The molecule has 0 heterocycles. The molecular formula is C15H20FNO4. The molecule has 0 aromatic heterocycles. The molecule has 1 aromatic rings. The van der Waals surface area contributed by atoms with Crippen molar-refractivity contribution in [3.8, 4) is 5.75 Å². The summed E-state index contributed by atoms with van der Waals surface area (Å²) in [5.74, 6) is -1.04. The molecule has 0 saturated heterocycles. The van der Waals surface area contributed by atoms with Crippen molar-refractivity contribution in [2.24, 2.45) is 0 Å². The third kappa shape index (κ3) is 6.25. The summed E-state index contributed by atoms with van der Waals surface area (Å²) < 4.78 is 18.1. The van der Waals surface area contributed by atoms with Crippen LogP contribution < -0.4 is 4.74 Å². The first-order chi connectivity index (χ1) is 9.90. The van der Waals surface area contributed by atoms with E-state index in [0.29, 0.717) is 18.8 Å². The smallest absolute Gasteiger partial charge is 0.323 e. The van der Waals surface area contributed by atoms with Crippen LogP contribution >= 0.6 is 0 Å². The topological polar surface area (TPSA) is 66.8 Å². The standard InChI is InChI=1S/C15H20FNO4/c1-11(2)17(10-15(19)20)14(18)4-3-9-21-13-7-5-12(16)6-8-13/h5-8,11H,3-4,9-10H2,1-2H3,(H,19,20). The number of carboxylic acids is 1. The molecule has 0 fully saturated rings. The van der Waals surface area contributed by atoms with Gasteiger partial charge in [-0.1, -0.05) is 0 Å². The van der Waals surface area contributed by atoms with Gasteiger partial charge in [0.15, 0.2) is 0 Å². The van der Waals surface area contributed by atoms with Crippen molar-refractivity contribution in [3.63, 3.8) is 0 Å². The number of carbonyl (C=O) groups excluding carboxylic acids is 1. The molecule has 21 heavy (non-hydrogen) atoms. The molecule has 6 heteroatoms. The predicted molar refractivity (Wildman–Crippen MR) is 75.6 cm³/mol. The van der Waals surface area contributed by atoms with Crippen LogP contribution in [0.1, 0.15) is 26.7 Å². The zero-order chi connectivity index (χ0) is 15.8. The summed E-state index contributed by atoms with van der Waals surface area (Å²) in [7, 11) is 0. The maximum atomic E-state index is 12.7. The maximum absolute atomic E-state index is 12.7. The highest BCUT2D eigenvalue weighted by molar-refractivity contribution is 5.81. The highest BCUT2D eigenvalue weighted by atomic mass is 19.1. The van der Waals surface area contributed by atoms with Gasteiger partial charge in [0.2, 0.25) is 5.91 Å². The van der Waals surface area contributed by atoms with Crippen molar-refractivity contribution in [3.05, 3.63) is 30.1 Å². The van der Waals surface area contributed by atoms with Crippen molar-refractivity contribution in [1.29, 1.82) is 0 Å². The Morgan fingerprint density at radius 1 is 1.29 bits per heavy atom. The van der Waals surface area contributed by atoms with Crippen LogP contribution in [0.25, 0.3) is 0 Å². The van der Waals surface area contributed by atoms with E-state index in [1.807, 2.05) is 0 Å². The van der Waals surface area contributed by atoms with Crippen LogP contribution in [0.3, 0.4) is 0 Å². The van der Waals surface area contributed by atoms with Crippen LogP contribution in [0, 0.1) is 5.82 Å². The van der Waals surface area contributed by atoms with Crippen LogP contribution in [0.15, 0.2) is 24.3 Å². The molecule has 1 rings (SSSR count). The molecule has 116 valence electrons. The number of rotatable bonds is 8. The van der Waals surface area contributed by atoms with Crippen LogP contribution in [-0.4, -0.2) is 41.1 Å². The first-order valence-electron chi connectivity index (χ1n) is 6.79. The molecule has 0 spiro atoms. The number of ether oxygens (including phenoxy) is 1. The van der Waals surface area contributed by atoms with E-state index in [9.17, 15) is 14.0 Å². The summed E-state index contributed by atoms with van der Waals surface area (Å²) >= 11 is 0. The fourth-order valence-corrected chi connectivity index (χ4v) is 1.79. The van der Waals surface area contributed by atoms with Gasteiger partial charge in [-0.3, -0.25) is 9.59 Å². The Morgan fingerprint density at radius 3 is 2.43 bits per heavy atom. The minimum atomic E-state index is -1.03. The fraction of sp³-hybridized carbons (Fsp3) is 0.467. The second-order valence-corrected chi connectivity index (χ2v) is 4.92. The van der Waals surface area contributed by atoms with E-state index in [4.69, 9.17) is 9.84 Å². The zero-order valence-electron chi connectivity index (χ0n) is 12.2. The van der Waals surface area contributed by atoms with Crippen molar-refractivity contribution in [1.82, 2.24) is 4.90 Å². The Morgan fingerprint density at radius 2 is 1.90 bits per heavy atom. The summed E-state index contributed by atoms with van der Waals surface area (Å²) in [4.78, 5) is 24.0. The molecule has 0 bridgehead atoms. The lowest BCUT2D eigenvalue weighted by atomic mass is 10.2. The lowest BCUT2D eigenvalue weighted by molar-refractivity contribution is -0.145. The number of carbonyl (C=O) groups is 2. The lowest BCUT2D eigenvalue weighted by Gasteiger charge is -2.24. The van der Waals surface area contributed by atoms with E-state index in [0.717, 1.165) is 0 Å². The van der Waals surface area contributed by atoms with E-state index in [1.54, 1.807) is 13.8 Å². The molecule has 0 atom stereocenters. The van der Waals surface area contributed by atoms with Gasteiger partial charge in [-0.05, 0) is 44.5 Å². The Balaban J connectivity index is 2.34. The van der Waals surface area contributed by atoms with Gasteiger partial charge < -0.3 is 14.7 Å². The van der Waals surface area contributed by atoms with E-state index in [-0.39, 0.29) is 30.7 Å². The molecule has 1 amide bonds. The van der Waals surface area contributed by atoms with Crippen molar-refractivity contribution < 1.29 is 23.8 Å². The first kappa shape index (κ1) is 16.9. The number of hydrogen-bond acceptors (Lipinski definition) is 3. The predicted octanol–water partition coefficient (Wildman–Crippen LogP) is 2.31. The Labute approximate surface area is 123 Å². The summed E-state index contributed by atoms with van der Waals surface area (Å²) in [6.45, 7) is 3.57. The van der Waals surface area contributed by atoms with E-state index in [1.165, 1.54) is 29.2 Å². The normalized spacial score (nSPS) is 10.5. The summed E-state index contributed by atoms with van der Waals surface area (Å²) in [5.41, 5.74) is 0. The summed E-state index contributed by atoms with van der Waals surface area (Å²) in [5, 5.41) is 8.78. The largest absolute Gasteiger partial charge is 0.494 e. The van der Waals surface area contributed by atoms with Crippen molar-refractivity contribution in [2.75, 3.05) is 13.2 Å². The van der Waals surface area contributed by atoms with Crippen LogP contribution in [0.4, 0.5) is 4.39 Å². The molecule has 5 nitrogen and oxygen atoms in total. The molecule has 0 saturated carbocycles. The quantitative estimate of drug-likeness (QED) is 0.748. The van der Waals surface area contributed by atoms with Gasteiger partial charge in [-0.2, -0.15) is 0 Å². The third-order valence-corrected chi connectivity index (χ3v) is 2.87. The highest BCUT2D eigenvalue weighted by Crippen LogP contribution is 2.12. The van der Waals surface area contributed by atoms with Gasteiger partial charge in [0.1, 0.15) is 18.1 Å². The highest BCUT2D eigenvalue weighted by Gasteiger charge is 2.19. The lowest BCUT2D eigenvalue weighted by Crippen LogP contribution is -2.40. The zero-order valence-corrected chi connectivity index (χ0v) is 12.2. The van der Waals surface area contributed by atoms with E-state index < -0.39 is 5.97 Å². The number of amides is 1.